The third-order valence-corrected chi connectivity index (χ3v) is 4.86. The number of hydrogen-bond donors (Lipinski definition) is 0. The Morgan fingerprint density at radius 1 is 0.750 bits per heavy atom. The first kappa shape index (κ1) is 16.8. The highest BCUT2D eigenvalue weighted by atomic mass is 79.9. The number of hydrogen-bond acceptors (Lipinski definition) is 1. The molecule has 0 aliphatic heterocycles. The molecule has 0 saturated heterocycles. The number of halogens is 2. The Morgan fingerprint density at radius 2 is 1.29 bits per heavy atom. The highest BCUT2D eigenvalue weighted by molar-refractivity contribution is 9.15. The summed E-state index contributed by atoms with van der Waals surface area (Å²) in [5, 5.41) is 0.727. The predicted molar refractivity (Wildman–Crippen MR) is 106 cm³/mol. The van der Waals surface area contributed by atoms with Gasteiger partial charge in [0.2, 0.25) is 0 Å². The van der Waals surface area contributed by atoms with Crippen LogP contribution < -0.4 is 4.74 Å². The SMILES string of the molecule is COc1ccc(/C(=C(\Br)c2ccc(Cl)cc2)c2ccccc2)cc1. The maximum absolute atomic E-state index is 6.02. The van der Waals surface area contributed by atoms with E-state index in [0.29, 0.717) is 0 Å². The molecule has 0 aliphatic rings. The molecule has 24 heavy (non-hydrogen) atoms. The van der Waals surface area contributed by atoms with Crippen molar-refractivity contribution in [3.8, 4) is 5.75 Å². The molecular weight excluding hydrogens is 384 g/mol. The van der Waals surface area contributed by atoms with Crippen molar-refractivity contribution in [3.05, 3.63) is 101 Å². The highest BCUT2D eigenvalue weighted by Crippen LogP contribution is 2.36. The topological polar surface area (TPSA) is 9.23 Å². The molecule has 3 aromatic carbocycles. The Labute approximate surface area is 155 Å². The lowest BCUT2D eigenvalue weighted by molar-refractivity contribution is 0.415. The van der Waals surface area contributed by atoms with Crippen molar-refractivity contribution in [2.75, 3.05) is 7.11 Å². The summed E-state index contributed by atoms with van der Waals surface area (Å²) < 4.78 is 6.29. The first-order valence-corrected chi connectivity index (χ1v) is 8.71. The van der Waals surface area contributed by atoms with Crippen LogP contribution in [0.3, 0.4) is 0 Å². The van der Waals surface area contributed by atoms with Gasteiger partial charge in [-0.05, 0) is 56.9 Å². The zero-order valence-electron chi connectivity index (χ0n) is 13.2. The van der Waals surface area contributed by atoms with Crippen LogP contribution in [0.15, 0.2) is 78.9 Å². The lowest BCUT2D eigenvalue weighted by Crippen LogP contribution is -1.92. The van der Waals surface area contributed by atoms with E-state index in [0.717, 1.165) is 37.5 Å². The second-order valence-electron chi connectivity index (χ2n) is 5.29. The fourth-order valence-corrected chi connectivity index (χ4v) is 3.37. The number of rotatable bonds is 4. The van der Waals surface area contributed by atoms with Crippen LogP contribution in [-0.2, 0) is 0 Å². The summed E-state index contributed by atoms with van der Waals surface area (Å²) in [6.45, 7) is 0. The third-order valence-electron chi connectivity index (χ3n) is 3.76. The molecule has 3 aromatic rings. The Morgan fingerprint density at radius 3 is 1.88 bits per heavy atom. The molecule has 0 N–H and O–H groups in total. The molecule has 0 amide bonds. The first-order chi connectivity index (χ1) is 11.7. The Kier molecular flexibility index (Phi) is 5.39. The molecule has 0 spiro atoms. The van der Waals surface area contributed by atoms with E-state index in [2.05, 4.69) is 40.2 Å². The minimum absolute atomic E-state index is 0.727. The Bertz CT molecular complexity index is 837. The van der Waals surface area contributed by atoms with Crippen molar-refractivity contribution in [2.24, 2.45) is 0 Å². The van der Waals surface area contributed by atoms with E-state index in [-0.39, 0.29) is 0 Å². The lowest BCUT2D eigenvalue weighted by atomic mass is 9.95. The van der Waals surface area contributed by atoms with Gasteiger partial charge in [-0.2, -0.15) is 0 Å². The van der Waals surface area contributed by atoms with E-state index in [1.807, 2.05) is 54.6 Å². The van der Waals surface area contributed by atoms with Crippen LogP contribution in [0, 0.1) is 0 Å². The van der Waals surface area contributed by atoms with Crippen molar-refractivity contribution < 1.29 is 4.74 Å². The van der Waals surface area contributed by atoms with Crippen LogP contribution in [0.2, 0.25) is 5.02 Å². The molecule has 3 rings (SSSR count). The minimum Gasteiger partial charge on any atom is -0.497 e. The average molecular weight is 400 g/mol. The number of ether oxygens (including phenoxy) is 1. The van der Waals surface area contributed by atoms with Crippen LogP contribution in [0.1, 0.15) is 16.7 Å². The van der Waals surface area contributed by atoms with Crippen molar-refractivity contribution in [1.29, 1.82) is 0 Å². The summed E-state index contributed by atoms with van der Waals surface area (Å²) in [7, 11) is 1.67. The van der Waals surface area contributed by atoms with Gasteiger partial charge in [0.1, 0.15) is 5.75 Å². The Hall–Kier alpha value is -2.03. The molecule has 1 nitrogen and oxygen atoms in total. The first-order valence-electron chi connectivity index (χ1n) is 7.54. The van der Waals surface area contributed by atoms with Gasteiger partial charge in [-0.3, -0.25) is 0 Å². The van der Waals surface area contributed by atoms with Gasteiger partial charge < -0.3 is 4.74 Å². The largest absolute Gasteiger partial charge is 0.497 e. The summed E-state index contributed by atoms with van der Waals surface area (Å²) in [4.78, 5) is 0. The van der Waals surface area contributed by atoms with Crippen LogP contribution in [0.25, 0.3) is 10.1 Å². The van der Waals surface area contributed by atoms with E-state index >= 15 is 0 Å². The summed E-state index contributed by atoms with van der Waals surface area (Å²) in [6.07, 6.45) is 0. The monoisotopic (exact) mass is 398 g/mol. The smallest absolute Gasteiger partial charge is 0.118 e. The van der Waals surface area contributed by atoms with E-state index in [9.17, 15) is 0 Å². The van der Waals surface area contributed by atoms with Crippen LogP contribution in [-0.4, -0.2) is 7.11 Å². The molecule has 3 heteroatoms. The number of benzene rings is 3. The van der Waals surface area contributed by atoms with Gasteiger partial charge in [0, 0.05) is 15.1 Å². The van der Waals surface area contributed by atoms with Crippen molar-refractivity contribution in [3.63, 3.8) is 0 Å². The Balaban J connectivity index is 2.17. The van der Waals surface area contributed by atoms with Gasteiger partial charge in [0.05, 0.1) is 7.11 Å². The second-order valence-corrected chi connectivity index (χ2v) is 6.52. The quantitative estimate of drug-likeness (QED) is 0.446. The number of methoxy groups -OCH3 is 1. The second kappa shape index (κ2) is 7.69. The van der Waals surface area contributed by atoms with Gasteiger partial charge in [-0.1, -0.05) is 66.2 Å². The van der Waals surface area contributed by atoms with Crippen molar-refractivity contribution in [1.82, 2.24) is 0 Å². The van der Waals surface area contributed by atoms with Crippen LogP contribution >= 0.6 is 27.5 Å². The molecule has 0 atom stereocenters. The van der Waals surface area contributed by atoms with Gasteiger partial charge in [-0.25, -0.2) is 0 Å². The highest BCUT2D eigenvalue weighted by Gasteiger charge is 2.12. The zero-order valence-corrected chi connectivity index (χ0v) is 15.5. The zero-order chi connectivity index (χ0) is 16.9. The minimum atomic E-state index is 0.727. The van der Waals surface area contributed by atoms with Gasteiger partial charge in [0.25, 0.3) is 0 Å². The molecule has 0 aliphatic carbocycles. The van der Waals surface area contributed by atoms with Crippen LogP contribution in [0.4, 0.5) is 0 Å². The predicted octanol–water partition coefficient (Wildman–Crippen LogP) is 6.66. The van der Waals surface area contributed by atoms with Gasteiger partial charge in [0.15, 0.2) is 0 Å². The van der Waals surface area contributed by atoms with Crippen molar-refractivity contribution >= 4 is 37.6 Å². The summed E-state index contributed by atoms with van der Waals surface area (Å²) in [5.41, 5.74) is 4.46. The molecular formula is C21H16BrClO. The van der Waals surface area contributed by atoms with Gasteiger partial charge in [-0.15, -0.1) is 0 Å². The normalized spacial score (nSPS) is 11.8. The third kappa shape index (κ3) is 3.72. The molecule has 120 valence electrons. The van der Waals surface area contributed by atoms with Crippen LogP contribution in [0.5, 0.6) is 5.75 Å². The molecule has 0 fully saturated rings. The maximum atomic E-state index is 6.02. The summed E-state index contributed by atoms with van der Waals surface area (Å²) in [6, 6.07) is 26.2. The van der Waals surface area contributed by atoms with E-state index in [4.69, 9.17) is 16.3 Å². The fraction of sp³-hybridized carbons (Fsp3) is 0.0476. The van der Waals surface area contributed by atoms with E-state index in [1.54, 1.807) is 7.11 Å². The molecule has 0 unspecified atom stereocenters. The average Bonchev–Trinajstić information content (AvgIpc) is 2.64. The van der Waals surface area contributed by atoms with Crippen molar-refractivity contribution in [2.45, 2.75) is 0 Å². The van der Waals surface area contributed by atoms with Gasteiger partial charge >= 0.3 is 0 Å². The molecule has 0 aromatic heterocycles. The molecule has 0 bridgehead atoms. The molecule has 0 radical (unpaired) electrons. The lowest BCUT2D eigenvalue weighted by Gasteiger charge is -2.13. The maximum Gasteiger partial charge on any atom is 0.118 e. The molecule has 0 heterocycles. The summed E-state index contributed by atoms with van der Waals surface area (Å²) in [5.74, 6) is 0.841. The summed E-state index contributed by atoms with van der Waals surface area (Å²) >= 11 is 9.81. The molecule has 0 saturated carbocycles. The van der Waals surface area contributed by atoms with E-state index in [1.165, 1.54) is 0 Å². The van der Waals surface area contributed by atoms with E-state index < -0.39 is 0 Å². The standard InChI is InChI=1S/C21H16BrClO/c1-24-19-13-9-16(10-14-19)20(15-5-3-2-4-6-15)21(22)17-7-11-18(23)12-8-17/h2-14H,1H3/b21-20-. The fourth-order valence-electron chi connectivity index (χ4n) is 2.52.